The molecule has 0 aromatic carbocycles. The van der Waals surface area contributed by atoms with Crippen LogP contribution in [0.1, 0.15) is 39.0 Å². The number of nitrogens with zero attached hydrogens (tertiary/aromatic N) is 1. The van der Waals surface area contributed by atoms with Gasteiger partial charge in [0.2, 0.25) is 0 Å². The first-order chi connectivity index (χ1) is 8.89. The summed E-state index contributed by atoms with van der Waals surface area (Å²) in [5.41, 5.74) is 2.89. The first-order valence-corrected chi connectivity index (χ1v) is 6.93. The Morgan fingerprint density at radius 1 is 1.21 bits per heavy atom. The summed E-state index contributed by atoms with van der Waals surface area (Å²) in [6.45, 7) is 10.2. The van der Waals surface area contributed by atoms with Gasteiger partial charge in [0.1, 0.15) is 0 Å². The molecule has 2 aliphatic heterocycles. The lowest BCUT2D eigenvalue weighted by molar-refractivity contribution is 0.00578. The van der Waals surface area contributed by atoms with Crippen LogP contribution in [0.4, 0.5) is 0 Å². The van der Waals surface area contributed by atoms with Crippen molar-refractivity contribution in [3.8, 4) is 0 Å². The third-order valence-electron chi connectivity index (χ3n) is 4.47. The summed E-state index contributed by atoms with van der Waals surface area (Å²) in [6, 6.07) is 2.19. The first-order valence-electron chi connectivity index (χ1n) is 6.93. The van der Waals surface area contributed by atoms with E-state index in [2.05, 4.69) is 44.1 Å². The third kappa shape index (κ3) is 2.20. The van der Waals surface area contributed by atoms with Crippen LogP contribution in [-0.4, -0.2) is 29.8 Å². The number of rotatable bonds is 1. The highest BCUT2D eigenvalue weighted by atomic mass is 16.7. The fourth-order valence-corrected chi connectivity index (χ4v) is 2.47. The van der Waals surface area contributed by atoms with Crippen LogP contribution in [0.3, 0.4) is 0 Å². The number of aromatic nitrogens is 1. The molecule has 0 amide bonds. The molecule has 0 atom stereocenters. The molecule has 1 aromatic heterocycles. The molecule has 0 aliphatic carbocycles. The standard InChI is InChI=1S/C14H21BN2O2/c1-13(2)14(3,4)19-15(18-13)11-7-10-5-6-16-9-12(10)17-8-11/h7-8,16H,5-6,9H2,1-4H3. The maximum absolute atomic E-state index is 6.06. The number of nitrogens with one attached hydrogen (secondary N) is 1. The predicted molar refractivity (Wildman–Crippen MR) is 75.4 cm³/mol. The van der Waals surface area contributed by atoms with Crippen molar-refractivity contribution >= 4 is 12.6 Å². The molecule has 0 saturated carbocycles. The van der Waals surface area contributed by atoms with Gasteiger partial charge >= 0.3 is 7.12 Å². The van der Waals surface area contributed by atoms with E-state index in [1.807, 2.05) is 6.20 Å². The largest absolute Gasteiger partial charge is 0.496 e. The van der Waals surface area contributed by atoms with Crippen LogP contribution in [0.5, 0.6) is 0 Å². The van der Waals surface area contributed by atoms with Crippen LogP contribution >= 0.6 is 0 Å². The number of hydrogen-bond acceptors (Lipinski definition) is 4. The van der Waals surface area contributed by atoms with Gasteiger partial charge in [0.15, 0.2) is 0 Å². The van der Waals surface area contributed by atoms with E-state index in [0.29, 0.717) is 0 Å². The van der Waals surface area contributed by atoms with E-state index in [1.165, 1.54) is 5.56 Å². The lowest BCUT2D eigenvalue weighted by Crippen LogP contribution is -2.41. The van der Waals surface area contributed by atoms with Gasteiger partial charge in [0.25, 0.3) is 0 Å². The fraction of sp³-hybridized carbons (Fsp3) is 0.643. The lowest BCUT2D eigenvalue weighted by atomic mass is 9.79. The van der Waals surface area contributed by atoms with Crippen molar-refractivity contribution in [3.63, 3.8) is 0 Å². The van der Waals surface area contributed by atoms with Gasteiger partial charge in [0.05, 0.1) is 16.9 Å². The Balaban J connectivity index is 1.88. The third-order valence-corrected chi connectivity index (χ3v) is 4.47. The summed E-state index contributed by atoms with van der Waals surface area (Å²) in [7, 11) is -0.308. The van der Waals surface area contributed by atoms with Gasteiger partial charge in [0, 0.05) is 18.2 Å². The van der Waals surface area contributed by atoms with Crippen molar-refractivity contribution in [3.05, 3.63) is 23.5 Å². The summed E-state index contributed by atoms with van der Waals surface area (Å²) in [6.07, 6.45) is 2.91. The molecule has 19 heavy (non-hydrogen) atoms. The van der Waals surface area contributed by atoms with Gasteiger partial charge in [-0.05, 0) is 46.2 Å². The minimum atomic E-state index is -0.308. The maximum atomic E-state index is 6.06. The van der Waals surface area contributed by atoms with Crippen LogP contribution in [-0.2, 0) is 22.3 Å². The van der Waals surface area contributed by atoms with E-state index in [-0.39, 0.29) is 18.3 Å². The molecule has 0 spiro atoms. The minimum absolute atomic E-state index is 0.297. The predicted octanol–water partition coefficient (Wildman–Crippen LogP) is 1.03. The molecule has 0 radical (unpaired) electrons. The highest BCUT2D eigenvalue weighted by molar-refractivity contribution is 6.62. The molecule has 1 saturated heterocycles. The molecule has 2 aliphatic rings. The van der Waals surface area contributed by atoms with Crippen molar-refractivity contribution in [1.82, 2.24) is 10.3 Å². The molecule has 3 heterocycles. The quantitative estimate of drug-likeness (QED) is 0.766. The van der Waals surface area contributed by atoms with Crippen molar-refractivity contribution in [2.75, 3.05) is 6.54 Å². The molecule has 0 unspecified atom stereocenters. The Hall–Kier alpha value is -0.905. The highest BCUT2D eigenvalue weighted by Crippen LogP contribution is 2.36. The molecule has 1 aromatic rings. The van der Waals surface area contributed by atoms with Gasteiger partial charge in [-0.15, -0.1) is 0 Å². The SMILES string of the molecule is CC1(C)OB(c2cnc3c(c2)CCNC3)OC1(C)C. The molecule has 1 fully saturated rings. The Morgan fingerprint density at radius 2 is 1.89 bits per heavy atom. The average molecular weight is 260 g/mol. The normalized spacial score (nSPS) is 24.3. The molecular weight excluding hydrogens is 239 g/mol. The van der Waals surface area contributed by atoms with Gasteiger partial charge in [-0.2, -0.15) is 0 Å². The minimum Gasteiger partial charge on any atom is -0.399 e. The second-order valence-electron chi connectivity index (χ2n) is 6.39. The van der Waals surface area contributed by atoms with Gasteiger partial charge in [-0.25, -0.2) is 0 Å². The van der Waals surface area contributed by atoms with Crippen LogP contribution in [0.25, 0.3) is 0 Å². The van der Waals surface area contributed by atoms with Gasteiger partial charge in [-0.3, -0.25) is 4.98 Å². The Morgan fingerprint density at radius 3 is 2.58 bits per heavy atom. The highest BCUT2D eigenvalue weighted by Gasteiger charge is 2.51. The van der Waals surface area contributed by atoms with E-state index in [0.717, 1.165) is 30.7 Å². The fourth-order valence-electron chi connectivity index (χ4n) is 2.47. The van der Waals surface area contributed by atoms with E-state index in [9.17, 15) is 0 Å². The van der Waals surface area contributed by atoms with Crippen molar-refractivity contribution in [2.24, 2.45) is 0 Å². The maximum Gasteiger partial charge on any atom is 0.496 e. The van der Waals surface area contributed by atoms with Crippen molar-refractivity contribution in [1.29, 1.82) is 0 Å². The first kappa shape index (κ1) is 13.1. The van der Waals surface area contributed by atoms with Crippen LogP contribution < -0.4 is 10.8 Å². The zero-order chi connectivity index (χ0) is 13.7. The number of pyridine rings is 1. The topological polar surface area (TPSA) is 43.4 Å². The smallest absolute Gasteiger partial charge is 0.399 e. The molecule has 3 rings (SSSR count). The van der Waals surface area contributed by atoms with E-state index >= 15 is 0 Å². The average Bonchev–Trinajstić information content (AvgIpc) is 2.58. The summed E-state index contributed by atoms with van der Waals surface area (Å²) < 4.78 is 12.1. The Bertz CT molecular complexity index is 486. The monoisotopic (exact) mass is 260 g/mol. The number of fused-ring (bicyclic) bond motifs is 1. The summed E-state index contributed by atoms with van der Waals surface area (Å²) in [4.78, 5) is 4.54. The Labute approximate surface area is 115 Å². The van der Waals surface area contributed by atoms with Crippen LogP contribution in [0.15, 0.2) is 12.3 Å². The lowest BCUT2D eigenvalue weighted by Gasteiger charge is -2.32. The van der Waals surface area contributed by atoms with E-state index in [4.69, 9.17) is 9.31 Å². The van der Waals surface area contributed by atoms with E-state index in [1.54, 1.807) is 0 Å². The number of hydrogen-bond donors (Lipinski definition) is 1. The molecule has 102 valence electrons. The van der Waals surface area contributed by atoms with E-state index < -0.39 is 0 Å². The molecule has 1 N–H and O–H groups in total. The van der Waals surface area contributed by atoms with Crippen LogP contribution in [0, 0.1) is 0 Å². The zero-order valence-corrected chi connectivity index (χ0v) is 12.1. The second-order valence-corrected chi connectivity index (χ2v) is 6.39. The zero-order valence-electron chi connectivity index (χ0n) is 12.1. The van der Waals surface area contributed by atoms with Gasteiger partial charge in [-0.1, -0.05) is 6.07 Å². The van der Waals surface area contributed by atoms with Crippen LogP contribution in [0.2, 0.25) is 0 Å². The molecule has 0 bridgehead atoms. The summed E-state index contributed by atoms with van der Waals surface area (Å²) in [5.74, 6) is 0. The molecule has 4 nitrogen and oxygen atoms in total. The summed E-state index contributed by atoms with van der Waals surface area (Å²) in [5, 5.41) is 3.33. The Kier molecular flexibility index (Phi) is 2.96. The molecular formula is C14H21BN2O2. The van der Waals surface area contributed by atoms with Gasteiger partial charge < -0.3 is 14.6 Å². The second kappa shape index (κ2) is 4.30. The molecule has 5 heteroatoms. The summed E-state index contributed by atoms with van der Waals surface area (Å²) >= 11 is 0. The van der Waals surface area contributed by atoms with Crippen molar-refractivity contribution in [2.45, 2.75) is 51.9 Å². The van der Waals surface area contributed by atoms with Crippen molar-refractivity contribution < 1.29 is 9.31 Å².